The van der Waals surface area contributed by atoms with E-state index in [4.69, 9.17) is 21.3 Å². The Morgan fingerprint density at radius 1 is 1.09 bits per heavy atom. The fourth-order valence-corrected chi connectivity index (χ4v) is 5.84. The minimum absolute atomic E-state index is 0.276. The molecule has 0 unspecified atom stereocenters. The summed E-state index contributed by atoms with van der Waals surface area (Å²) in [5.74, 6) is -0.634. The fraction of sp³-hybridized carbons (Fsp3) is 0.250. The Hall–Kier alpha value is -3.22. The Morgan fingerprint density at radius 2 is 1.86 bits per heavy atom. The summed E-state index contributed by atoms with van der Waals surface area (Å²) in [6, 6.07) is 16.7. The lowest BCUT2D eigenvalue weighted by molar-refractivity contribution is 0.0505. The Balaban J connectivity index is 1.56. The van der Waals surface area contributed by atoms with E-state index in [0.717, 1.165) is 59.0 Å². The largest absolute Gasteiger partial charge is 0.462 e. The lowest BCUT2D eigenvalue weighted by Gasteiger charge is -2.13. The van der Waals surface area contributed by atoms with Crippen LogP contribution >= 0.6 is 22.9 Å². The van der Waals surface area contributed by atoms with Crippen LogP contribution < -0.4 is 5.32 Å². The van der Waals surface area contributed by atoms with Gasteiger partial charge < -0.3 is 10.1 Å². The van der Waals surface area contributed by atoms with Crippen molar-refractivity contribution < 1.29 is 14.3 Å². The van der Waals surface area contributed by atoms with Gasteiger partial charge in [0, 0.05) is 20.8 Å². The summed E-state index contributed by atoms with van der Waals surface area (Å²) < 4.78 is 5.48. The van der Waals surface area contributed by atoms with Crippen molar-refractivity contribution in [2.45, 2.75) is 39.0 Å². The number of aromatic nitrogens is 1. The average molecular weight is 505 g/mol. The quantitative estimate of drug-likeness (QED) is 0.279. The third-order valence-corrected chi connectivity index (χ3v) is 7.60. The van der Waals surface area contributed by atoms with Gasteiger partial charge in [0.1, 0.15) is 5.00 Å². The number of hydrogen-bond donors (Lipinski definition) is 1. The zero-order valence-electron chi connectivity index (χ0n) is 19.4. The molecule has 1 aliphatic rings. The number of amides is 1. The summed E-state index contributed by atoms with van der Waals surface area (Å²) in [4.78, 5) is 32.6. The maximum Gasteiger partial charge on any atom is 0.341 e. The first-order valence-corrected chi connectivity index (χ1v) is 13.0. The molecule has 0 saturated carbocycles. The van der Waals surface area contributed by atoms with Gasteiger partial charge in [-0.15, -0.1) is 11.3 Å². The van der Waals surface area contributed by atoms with Crippen molar-refractivity contribution >= 4 is 50.7 Å². The predicted octanol–water partition coefficient (Wildman–Crippen LogP) is 7.31. The smallest absolute Gasteiger partial charge is 0.341 e. The second kappa shape index (κ2) is 10.2. The van der Waals surface area contributed by atoms with E-state index >= 15 is 0 Å². The number of benzene rings is 2. The summed E-state index contributed by atoms with van der Waals surface area (Å²) >= 11 is 7.55. The van der Waals surface area contributed by atoms with Crippen molar-refractivity contribution in [1.29, 1.82) is 0 Å². The summed E-state index contributed by atoms with van der Waals surface area (Å²) in [5.41, 5.74) is 4.31. The van der Waals surface area contributed by atoms with Gasteiger partial charge in [-0.1, -0.05) is 48.9 Å². The van der Waals surface area contributed by atoms with E-state index in [9.17, 15) is 9.59 Å². The number of ether oxygens (including phenoxy) is 1. The van der Waals surface area contributed by atoms with Gasteiger partial charge in [0.2, 0.25) is 0 Å². The molecule has 5 nitrogen and oxygen atoms in total. The summed E-state index contributed by atoms with van der Waals surface area (Å²) in [5, 5.41) is 5.00. The Labute approximate surface area is 213 Å². The van der Waals surface area contributed by atoms with Crippen LogP contribution in [0.25, 0.3) is 22.2 Å². The number of esters is 1. The Kier molecular flexibility index (Phi) is 6.84. The van der Waals surface area contributed by atoms with E-state index in [-0.39, 0.29) is 11.9 Å². The number of nitrogens with zero attached hydrogens (tertiary/aromatic N) is 1. The molecule has 4 aromatic rings. The van der Waals surface area contributed by atoms with Gasteiger partial charge in [0.25, 0.3) is 5.91 Å². The highest BCUT2D eigenvalue weighted by Crippen LogP contribution is 2.39. The molecule has 1 amide bonds. The van der Waals surface area contributed by atoms with Gasteiger partial charge in [0.15, 0.2) is 0 Å². The molecule has 7 heteroatoms. The van der Waals surface area contributed by atoms with Crippen LogP contribution in [0.2, 0.25) is 5.02 Å². The van der Waals surface area contributed by atoms with Crippen LogP contribution in [-0.4, -0.2) is 23.5 Å². The molecule has 2 aromatic heterocycles. The molecule has 2 heterocycles. The molecule has 35 heavy (non-hydrogen) atoms. The molecule has 178 valence electrons. The zero-order valence-corrected chi connectivity index (χ0v) is 21.0. The zero-order chi connectivity index (χ0) is 24.4. The predicted molar refractivity (Wildman–Crippen MR) is 142 cm³/mol. The van der Waals surface area contributed by atoms with Gasteiger partial charge in [-0.25, -0.2) is 9.78 Å². The van der Waals surface area contributed by atoms with Crippen LogP contribution in [0.4, 0.5) is 5.00 Å². The van der Waals surface area contributed by atoms with Crippen molar-refractivity contribution in [2.75, 3.05) is 11.9 Å². The van der Waals surface area contributed by atoms with Crippen LogP contribution in [0.15, 0.2) is 54.6 Å². The molecule has 0 radical (unpaired) electrons. The second-order valence-electron chi connectivity index (χ2n) is 8.58. The molecule has 2 aromatic carbocycles. The number of pyridine rings is 1. The molecule has 0 fully saturated rings. The number of thiophene rings is 1. The van der Waals surface area contributed by atoms with Crippen molar-refractivity contribution in [2.24, 2.45) is 0 Å². The topological polar surface area (TPSA) is 68.3 Å². The molecule has 5 rings (SSSR count). The average Bonchev–Trinajstić information content (AvgIpc) is 3.24. The van der Waals surface area contributed by atoms with Crippen LogP contribution in [0, 0.1) is 0 Å². The first-order valence-electron chi connectivity index (χ1n) is 11.8. The Morgan fingerprint density at radius 3 is 2.66 bits per heavy atom. The number of carbonyl (C=O) groups is 2. The first kappa shape index (κ1) is 23.5. The molecule has 1 aliphatic carbocycles. The van der Waals surface area contributed by atoms with E-state index in [1.165, 1.54) is 11.3 Å². The molecule has 0 bridgehead atoms. The van der Waals surface area contributed by atoms with E-state index in [2.05, 4.69) is 5.32 Å². The molecule has 0 atom stereocenters. The van der Waals surface area contributed by atoms with Crippen LogP contribution in [0.3, 0.4) is 0 Å². The van der Waals surface area contributed by atoms with Crippen molar-refractivity contribution in [1.82, 2.24) is 4.98 Å². The fourth-order valence-electron chi connectivity index (χ4n) is 4.44. The maximum atomic E-state index is 13.7. The van der Waals surface area contributed by atoms with Gasteiger partial charge in [-0.2, -0.15) is 0 Å². The maximum absolute atomic E-state index is 13.7. The summed E-state index contributed by atoms with van der Waals surface area (Å²) in [6.45, 7) is 2.32. The molecular formula is C28H25ClN2O3S. The summed E-state index contributed by atoms with van der Waals surface area (Å²) in [7, 11) is 0. The van der Waals surface area contributed by atoms with Crippen LogP contribution in [0.5, 0.6) is 0 Å². The van der Waals surface area contributed by atoms with Gasteiger partial charge in [-0.05, 0) is 61.9 Å². The highest BCUT2D eigenvalue weighted by molar-refractivity contribution is 7.17. The molecule has 1 N–H and O–H groups in total. The first-order chi connectivity index (χ1) is 17.0. The molecule has 0 spiro atoms. The molecule has 0 aliphatic heterocycles. The number of fused-ring (bicyclic) bond motifs is 2. The van der Waals surface area contributed by atoms with E-state index in [1.54, 1.807) is 18.2 Å². The summed E-state index contributed by atoms with van der Waals surface area (Å²) in [6.07, 6.45) is 4.62. The normalized spacial score (nSPS) is 12.9. The van der Waals surface area contributed by atoms with Crippen molar-refractivity contribution in [3.05, 3.63) is 81.2 Å². The van der Waals surface area contributed by atoms with E-state index in [1.807, 2.05) is 43.3 Å². The van der Waals surface area contributed by atoms with Crippen molar-refractivity contribution in [3.8, 4) is 11.3 Å². The van der Waals surface area contributed by atoms with Gasteiger partial charge >= 0.3 is 5.97 Å². The van der Waals surface area contributed by atoms with Crippen LogP contribution in [-0.2, 0) is 17.6 Å². The third kappa shape index (κ3) is 4.81. The second-order valence-corrected chi connectivity index (χ2v) is 10.1. The number of carbonyl (C=O) groups excluding carboxylic acids is 2. The van der Waals surface area contributed by atoms with E-state index in [0.29, 0.717) is 33.5 Å². The lowest BCUT2D eigenvalue weighted by atomic mass is 9.95. The SMILES string of the molecule is CCCOC(=O)c1c(NC(=O)c2cc(-c3ccc(Cl)cc3)nc3ccccc23)sc2c1CCCC2. The minimum Gasteiger partial charge on any atom is -0.462 e. The standard InChI is InChI=1S/C28H25ClN2O3S/c1-2-15-34-28(33)25-20-8-4-6-10-24(20)35-27(25)31-26(32)21-16-23(17-11-13-18(29)14-12-17)30-22-9-5-3-7-19(21)22/h3,5,7,9,11-14,16H,2,4,6,8,10,15H2,1H3,(H,31,32). The highest BCUT2D eigenvalue weighted by atomic mass is 35.5. The van der Waals surface area contributed by atoms with Gasteiger partial charge in [-0.3, -0.25) is 4.79 Å². The number of halogens is 1. The van der Waals surface area contributed by atoms with Crippen molar-refractivity contribution in [3.63, 3.8) is 0 Å². The number of hydrogen-bond acceptors (Lipinski definition) is 5. The monoisotopic (exact) mass is 504 g/mol. The number of aryl methyl sites for hydroxylation is 1. The number of para-hydroxylation sites is 1. The molecular weight excluding hydrogens is 480 g/mol. The number of rotatable bonds is 6. The highest BCUT2D eigenvalue weighted by Gasteiger charge is 2.28. The van der Waals surface area contributed by atoms with E-state index < -0.39 is 0 Å². The molecule has 0 saturated heterocycles. The lowest BCUT2D eigenvalue weighted by Crippen LogP contribution is -2.16. The minimum atomic E-state index is -0.358. The van der Waals surface area contributed by atoms with Gasteiger partial charge in [0.05, 0.1) is 28.9 Å². The number of nitrogens with one attached hydrogen (secondary N) is 1. The third-order valence-electron chi connectivity index (χ3n) is 6.14. The number of anilines is 1. The Bertz CT molecular complexity index is 1410. The van der Waals surface area contributed by atoms with Crippen LogP contribution in [0.1, 0.15) is 57.3 Å².